The van der Waals surface area contributed by atoms with Gasteiger partial charge < -0.3 is 5.32 Å². The Morgan fingerprint density at radius 1 is 1.10 bits per heavy atom. The Bertz CT molecular complexity index is 608. The molecule has 2 saturated carbocycles. The van der Waals surface area contributed by atoms with E-state index in [1.807, 2.05) is 0 Å². The average Bonchev–Trinajstić information content (AvgIpc) is 3.14. The summed E-state index contributed by atoms with van der Waals surface area (Å²) in [6, 6.07) is 4.51. The van der Waals surface area contributed by atoms with Gasteiger partial charge in [-0.05, 0) is 43.9 Å². The van der Waals surface area contributed by atoms with Crippen LogP contribution in [0.2, 0.25) is 0 Å². The zero-order valence-electron chi connectivity index (χ0n) is 11.9. The van der Waals surface area contributed by atoms with Crippen molar-refractivity contribution in [1.29, 1.82) is 0 Å². The summed E-state index contributed by atoms with van der Waals surface area (Å²) in [6.45, 7) is 0.378. The summed E-state index contributed by atoms with van der Waals surface area (Å²) in [4.78, 5) is 0.156. The van der Waals surface area contributed by atoms with Gasteiger partial charge in [0.15, 0.2) is 0 Å². The van der Waals surface area contributed by atoms with Crippen molar-refractivity contribution < 1.29 is 12.8 Å². The van der Waals surface area contributed by atoms with E-state index in [2.05, 4.69) is 10.0 Å². The first-order valence-electron chi connectivity index (χ1n) is 7.59. The number of benzene rings is 1. The normalized spacial score (nSPS) is 20.0. The molecule has 0 unspecified atom stereocenters. The highest BCUT2D eigenvalue weighted by molar-refractivity contribution is 7.89. The number of hydrogen-bond acceptors (Lipinski definition) is 3. The standard InChI is InChI=1S/C15H21FN2O2S/c16-15-8-7-14(9-11(15)10-17-12-5-6-12)21(19,20)18-13-3-1-2-4-13/h7-9,12-13,17-18H,1-6,10H2. The smallest absolute Gasteiger partial charge is 0.240 e. The van der Waals surface area contributed by atoms with E-state index < -0.39 is 10.0 Å². The maximum atomic E-state index is 13.8. The molecule has 0 saturated heterocycles. The fourth-order valence-corrected chi connectivity index (χ4v) is 4.08. The lowest BCUT2D eigenvalue weighted by Gasteiger charge is -2.14. The van der Waals surface area contributed by atoms with Crippen molar-refractivity contribution in [1.82, 2.24) is 10.0 Å². The van der Waals surface area contributed by atoms with Gasteiger partial charge in [0, 0.05) is 24.2 Å². The number of hydrogen-bond donors (Lipinski definition) is 2. The first-order chi connectivity index (χ1) is 10.0. The lowest BCUT2D eigenvalue weighted by molar-refractivity contribution is 0.550. The zero-order chi connectivity index (χ0) is 14.9. The van der Waals surface area contributed by atoms with E-state index in [-0.39, 0.29) is 16.8 Å². The summed E-state index contributed by atoms with van der Waals surface area (Å²) in [7, 11) is -3.55. The Morgan fingerprint density at radius 3 is 2.48 bits per heavy atom. The van der Waals surface area contributed by atoms with Crippen LogP contribution < -0.4 is 10.0 Å². The third-order valence-corrected chi connectivity index (χ3v) is 5.68. The van der Waals surface area contributed by atoms with E-state index in [0.29, 0.717) is 18.2 Å². The molecule has 0 aromatic heterocycles. The maximum Gasteiger partial charge on any atom is 0.240 e. The van der Waals surface area contributed by atoms with Crippen molar-refractivity contribution in [2.75, 3.05) is 0 Å². The van der Waals surface area contributed by atoms with Crippen molar-refractivity contribution in [3.63, 3.8) is 0 Å². The van der Waals surface area contributed by atoms with Crippen LogP contribution >= 0.6 is 0 Å². The summed E-state index contributed by atoms with van der Waals surface area (Å²) in [5.74, 6) is -0.358. The van der Waals surface area contributed by atoms with Crippen LogP contribution in [0.1, 0.15) is 44.1 Å². The second-order valence-electron chi connectivity index (χ2n) is 6.01. The third-order valence-electron chi connectivity index (χ3n) is 4.16. The average molecular weight is 312 g/mol. The molecule has 0 amide bonds. The molecule has 0 heterocycles. The van der Waals surface area contributed by atoms with Gasteiger partial charge in [-0.25, -0.2) is 17.5 Å². The van der Waals surface area contributed by atoms with Gasteiger partial charge in [-0.15, -0.1) is 0 Å². The summed E-state index contributed by atoms with van der Waals surface area (Å²) in [6.07, 6.45) is 6.12. The van der Waals surface area contributed by atoms with Crippen molar-refractivity contribution >= 4 is 10.0 Å². The summed E-state index contributed by atoms with van der Waals surface area (Å²) >= 11 is 0. The van der Waals surface area contributed by atoms with Crippen LogP contribution in [0, 0.1) is 5.82 Å². The Morgan fingerprint density at radius 2 is 1.81 bits per heavy atom. The van der Waals surface area contributed by atoms with Gasteiger partial charge in [-0.3, -0.25) is 0 Å². The molecular formula is C15H21FN2O2S. The van der Waals surface area contributed by atoms with Crippen molar-refractivity contribution in [3.05, 3.63) is 29.6 Å². The molecule has 0 atom stereocenters. The lowest BCUT2D eigenvalue weighted by atomic mass is 10.2. The lowest BCUT2D eigenvalue weighted by Crippen LogP contribution is -2.32. The van der Waals surface area contributed by atoms with Crippen LogP contribution in [-0.4, -0.2) is 20.5 Å². The first kappa shape index (κ1) is 14.9. The van der Waals surface area contributed by atoms with Gasteiger partial charge >= 0.3 is 0 Å². The molecule has 21 heavy (non-hydrogen) atoms. The van der Waals surface area contributed by atoms with Crippen LogP contribution in [0.4, 0.5) is 4.39 Å². The Hall–Kier alpha value is -0.980. The third kappa shape index (κ3) is 3.81. The molecule has 116 valence electrons. The van der Waals surface area contributed by atoms with Crippen LogP contribution in [0.5, 0.6) is 0 Å². The van der Waals surface area contributed by atoms with E-state index in [1.54, 1.807) is 0 Å². The number of halogens is 1. The van der Waals surface area contributed by atoms with Gasteiger partial charge in [0.1, 0.15) is 5.82 Å². The van der Waals surface area contributed by atoms with Gasteiger partial charge in [0.25, 0.3) is 0 Å². The molecule has 2 fully saturated rings. The van der Waals surface area contributed by atoms with Crippen molar-refractivity contribution in [2.24, 2.45) is 0 Å². The topological polar surface area (TPSA) is 58.2 Å². The number of rotatable bonds is 6. The first-order valence-corrected chi connectivity index (χ1v) is 9.07. The minimum atomic E-state index is -3.55. The van der Waals surface area contributed by atoms with Gasteiger partial charge in [0.05, 0.1) is 4.90 Å². The fraction of sp³-hybridized carbons (Fsp3) is 0.600. The summed E-state index contributed by atoms with van der Waals surface area (Å²) in [5, 5.41) is 3.21. The Labute approximate surface area is 125 Å². The molecule has 0 radical (unpaired) electrons. The Kier molecular flexibility index (Phi) is 4.28. The predicted octanol–water partition coefficient (Wildman–Crippen LogP) is 2.30. The van der Waals surface area contributed by atoms with Crippen LogP contribution in [0.15, 0.2) is 23.1 Å². The molecule has 2 aliphatic carbocycles. The molecule has 3 rings (SSSR count). The van der Waals surface area contributed by atoms with Gasteiger partial charge in [0.2, 0.25) is 10.0 Å². The second kappa shape index (κ2) is 6.02. The SMILES string of the molecule is O=S(=O)(NC1CCCC1)c1ccc(F)c(CNC2CC2)c1. The molecule has 0 spiro atoms. The van der Waals surface area contributed by atoms with E-state index in [0.717, 1.165) is 38.5 Å². The highest BCUT2D eigenvalue weighted by atomic mass is 32.2. The van der Waals surface area contributed by atoms with Gasteiger partial charge in [-0.2, -0.15) is 0 Å². The van der Waals surface area contributed by atoms with E-state index in [4.69, 9.17) is 0 Å². The van der Waals surface area contributed by atoms with Crippen molar-refractivity contribution in [2.45, 2.75) is 62.0 Å². The molecule has 0 bridgehead atoms. The molecule has 0 aliphatic heterocycles. The molecular weight excluding hydrogens is 291 g/mol. The predicted molar refractivity (Wildman–Crippen MR) is 78.8 cm³/mol. The van der Waals surface area contributed by atoms with Crippen molar-refractivity contribution in [3.8, 4) is 0 Å². The Balaban J connectivity index is 1.74. The number of nitrogens with one attached hydrogen (secondary N) is 2. The highest BCUT2D eigenvalue weighted by Gasteiger charge is 2.24. The monoisotopic (exact) mass is 312 g/mol. The quantitative estimate of drug-likeness (QED) is 0.847. The van der Waals surface area contributed by atoms with Crippen LogP contribution in [0.3, 0.4) is 0 Å². The summed E-state index contributed by atoms with van der Waals surface area (Å²) in [5.41, 5.74) is 0.413. The van der Waals surface area contributed by atoms with E-state index in [1.165, 1.54) is 18.2 Å². The minimum absolute atomic E-state index is 0.0214. The molecule has 1 aromatic rings. The largest absolute Gasteiger partial charge is 0.310 e. The van der Waals surface area contributed by atoms with E-state index in [9.17, 15) is 12.8 Å². The van der Waals surface area contributed by atoms with E-state index >= 15 is 0 Å². The molecule has 2 aliphatic rings. The van der Waals surface area contributed by atoms with Crippen LogP contribution in [0.25, 0.3) is 0 Å². The summed E-state index contributed by atoms with van der Waals surface area (Å²) < 4.78 is 41.2. The fourth-order valence-electron chi connectivity index (χ4n) is 2.73. The second-order valence-corrected chi connectivity index (χ2v) is 7.73. The molecule has 4 nitrogen and oxygen atoms in total. The number of sulfonamides is 1. The molecule has 6 heteroatoms. The maximum absolute atomic E-state index is 13.8. The minimum Gasteiger partial charge on any atom is -0.310 e. The zero-order valence-corrected chi connectivity index (χ0v) is 12.8. The molecule has 2 N–H and O–H groups in total. The van der Waals surface area contributed by atoms with Crippen LogP contribution in [-0.2, 0) is 16.6 Å². The highest BCUT2D eigenvalue weighted by Crippen LogP contribution is 2.23. The van der Waals surface area contributed by atoms with Gasteiger partial charge in [-0.1, -0.05) is 12.8 Å². The molecule has 1 aromatic carbocycles.